The Bertz CT molecular complexity index is 437. The molecule has 112 valence electrons. The van der Waals surface area contributed by atoms with E-state index in [2.05, 4.69) is 31.0 Å². The SMILES string of the molecule is CC1CCC(N(C)c2ccc(N)c(OC(C)C)c2)CC1. The van der Waals surface area contributed by atoms with Crippen LogP contribution in [0.4, 0.5) is 11.4 Å². The molecule has 0 atom stereocenters. The molecule has 0 radical (unpaired) electrons. The molecule has 1 aliphatic carbocycles. The zero-order valence-electron chi connectivity index (χ0n) is 13.2. The maximum Gasteiger partial charge on any atom is 0.144 e. The molecule has 1 saturated carbocycles. The summed E-state index contributed by atoms with van der Waals surface area (Å²) in [5.74, 6) is 1.68. The van der Waals surface area contributed by atoms with E-state index in [9.17, 15) is 0 Å². The van der Waals surface area contributed by atoms with Crippen LogP contribution >= 0.6 is 0 Å². The summed E-state index contributed by atoms with van der Waals surface area (Å²) < 4.78 is 5.79. The van der Waals surface area contributed by atoms with Crippen molar-refractivity contribution >= 4 is 11.4 Å². The Morgan fingerprint density at radius 2 is 1.85 bits per heavy atom. The van der Waals surface area contributed by atoms with Crippen molar-refractivity contribution < 1.29 is 4.74 Å². The minimum absolute atomic E-state index is 0.147. The Morgan fingerprint density at radius 1 is 1.20 bits per heavy atom. The van der Waals surface area contributed by atoms with Gasteiger partial charge in [-0.2, -0.15) is 0 Å². The second-order valence-electron chi connectivity index (χ2n) is 6.41. The molecule has 3 heteroatoms. The number of nitrogens with zero attached hydrogens (tertiary/aromatic N) is 1. The first-order chi connectivity index (χ1) is 9.47. The van der Waals surface area contributed by atoms with Crippen molar-refractivity contribution in [2.24, 2.45) is 5.92 Å². The quantitative estimate of drug-likeness (QED) is 0.842. The topological polar surface area (TPSA) is 38.5 Å². The second-order valence-corrected chi connectivity index (χ2v) is 6.41. The van der Waals surface area contributed by atoms with Gasteiger partial charge >= 0.3 is 0 Å². The molecule has 0 spiro atoms. The average molecular weight is 276 g/mol. The monoisotopic (exact) mass is 276 g/mol. The molecule has 1 aromatic carbocycles. The molecule has 0 saturated heterocycles. The van der Waals surface area contributed by atoms with E-state index < -0.39 is 0 Å². The highest BCUT2D eigenvalue weighted by Gasteiger charge is 2.22. The summed E-state index contributed by atoms with van der Waals surface area (Å²) in [5, 5.41) is 0. The normalized spacial score (nSPS) is 22.9. The number of benzene rings is 1. The second kappa shape index (κ2) is 6.38. The van der Waals surface area contributed by atoms with Gasteiger partial charge in [-0.3, -0.25) is 0 Å². The van der Waals surface area contributed by atoms with Crippen LogP contribution in [0.15, 0.2) is 18.2 Å². The van der Waals surface area contributed by atoms with Crippen molar-refractivity contribution in [2.45, 2.75) is 58.6 Å². The predicted molar refractivity (Wildman–Crippen MR) is 86.4 cm³/mol. The molecule has 1 fully saturated rings. The van der Waals surface area contributed by atoms with Gasteiger partial charge in [0.05, 0.1) is 11.8 Å². The van der Waals surface area contributed by atoms with Crippen molar-refractivity contribution in [3.05, 3.63) is 18.2 Å². The van der Waals surface area contributed by atoms with E-state index in [4.69, 9.17) is 10.5 Å². The van der Waals surface area contributed by atoms with Gasteiger partial charge in [-0.25, -0.2) is 0 Å². The van der Waals surface area contributed by atoms with Crippen LogP contribution in [-0.2, 0) is 0 Å². The molecule has 1 aromatic rings. The van der Waals surface area contributed by atoms with Gasteiger partial charge < -0.3 is 15.4 Å². The van der Waals surface area contributed by atoms with E-state index in [0.29, 0.717) is 11.7 Å². The van der Waals surface area contributed by atoms with Gasteiger partial charge in [0, 0.05) is 24.8 Å². The smallest absolute Gasteiger partial charge is 0.144 e. The fourth-order valence-electron chi connectivity index (χ4n) is 2.94. The number of nitrogens with two attached hydrogens (primary N) is 1. The lowest BCUT2D eigenvalue weighted by Crippen LogP contribution is -2.34. The van der Waals surface area contributed by atoms with Crippen LogP contribution in [0.3, 0.4) is 0 Å². The maximum atomic E-state index is 5.99. The van der Waals surface area contributed by atoms with Crippen molar-refractivity contribution in [1.82, 2.24) is 0 Å². The van der Waals surface area contributed by atoms with Crippen LogP contribution in [-0.4, -0.2) is 19.2 Å². The molecular formula is C17H28N2O. The maximum absolute atomic E-state index is 5.99. The molecular weight excluding hydrogens is 248 g/mol. The van der Waals surface area contributed by atoms with E-state index in [1.807, 2.05) is 19.9 Å². The van der Waals surface area contributed by atoms with Crippen LogP contribution < -0.4 is 15.4 Å². The molecule has 20 heavy (non-hydrogen) atoms. The molecule has 0 amide bonds. The Morgan fingerprint density at radius 3 is 2.45 bits per heavy atom. The molecule has 1 aliphatic rings. The van der Waals surface area contributed by atoms with Crippen LogP contribution in [0.25, 0.3) is 0 Å². The lowest BCUT2D eigenvalue weighted by atomic mass is 9.86. The Kier molecular flexibility index (Phi) is 4.79. The van der Waals surface area contributed by atoms with Gasteiger partial charge in [-0.1, -0.05) is 6.92 Å². The van der Waals surface area contributed by atoms with Crippen LogP contribution in [0.5, 0.6) is 5.75 Å². The first-order valence-electron chi connectivity index (χ1n) is 7.76. The minimum atomic E-state index is 0.147. The zero-order valence-corrected chi connectivity index (χ0v) is 13.2. The van der Waals surface area contributed by atoms with Crippen LogP contribution in [0.1, 0.15) is 46.5 Å². The minimum Gasteiger partial charge on any atom is -0.489 e. The molecule has 2 N–H and O–H groups in total. The summed E-state index contributed by atoms with van der Waals surface area (Å²) in [4.78, 5) is 2.39. The first kappa shape index (κ1) is 15.0. The summed E-state index contributed by atoms with van der Waals surface area (Å²) in [6.45, 7) is 6.41. The molecule has 2 rings (SSSR count). The largest absolute Gasteiger partial charge is 0.489 e. The Balaban J connectivity index is 2.11. The summed E-state index contributed by atoms with van der Waals surface area (Å²) >= 11 is 0. The predicted octanol–water partition coefficient (Wildman–Crippen LogP) is 4.07. The molecule has 0 aliphatic heterocycles. The van der Waals surface area contributed by atoms with Crippen molar-refractivity contribution in [3.63, 3.8) is 0 Å². The molecule has 0 bridgehead atoms. The van der Waals surface area contributed by atoms with Gasteiger partial charge in [0.15, 0.2) is 0 Å². The summed E-state index contributed by atoms with van der Waals surface area (Å²) in [5.41, 5.74) is 7.91. The standard InChI is InChI=1S/C17H28N2O/c1-12(2)20-17-11-15(9-10-16(17)18)19(4)14-7-5-13(3)6-8-14/h9-14H,5-8,18H2,1-4H3. The van der Waals surface area contributed by atoms with E-state index in [-0.39, 0.29) is 6.10 Å². The lowest BCUT2D eigenvalue weighted by molar-refractivity contribution is 0.244. The molecule has 0 aromatic heterocycles. The first-order valence-corrected chi connectivity index (χ1v) is 7.76. The number of rotatable bonds is 4. The Labute approximate surface area is 123 Å². The summed E-state index contributed by atoms with van der Waals surface area (Å²) in [6.07, 6.45) is 5.37. The fourth-order valence-corrected chi connectivity index (χ4v) is 2.94. The summed E-state index contributed by atoms with van der Waals surface area (Å²) in [7, 11) is 2.19. The highest BCUT2D eigenvalue weighted by molar-refractivity contribution is 5.62. The van der Waals surface area contributed by atoms with Crippen LogP contribution in [0, 0.1) is 5.92 Å². The highest BCUT2D eigenvalue weighted by atomic mass is 16.5. The van der Waals surface area contributed by atoms with Gasteiger partial charge in [0.25, 0.3) is 0 Å². The molecule has 0 heterocycles. The zero-order chi connectivity index (χ0) is 14.7. The van der Waals surface area contributed by atoms with Gasteiger partial charge in [-0.15, -0.1) is 0 Å². The van der Waals surface area contributed by atoms with Crippen molar-refractivity contribution in [1.29, 1.82) is 0 Å². The third-order valence-corrected chi connectivity index (χ3v) is 4.30. The lowest BCUT2D eigenvalue weighted by Gasteiger charge is -2.35. The highest BCUT2D eigenvalue weighted by Crippen LogP contribution is 2.33. The molecule has 0 unspecified atom stereocenters. The van der Waals surface area contributed by atoms with E-state index in [1.165, 1.54) is 31.4 Å². The number of hydrogen-bond acceptors (Lipinski definition) is 3. The number of ether oxygens (including phenoxy) is 1. The van der Waals surface area contributed by atoms with Gasteiger partial charge in [-0.05, 0) is 57.6 Å². The third-order valence-electron chi connectivity index (χ3n) is 4.30. The Hall–Kier alpha value is -1.38. The van der Waals surface area contributed by atoms with E-state index >= 15 is 0 Å². The number of anilines is 2. The van der Waals surface area contributed by atoms with E-state index in [1.54, 1.807) is 0 Å². The fraction of sp³-hybridized carbons (Fsp3) is 0.647. The number of hydrogen-bond donors (Lipinski definition) is 1. The van der Waals surface area contributed by atoms with Gasteiger partial charge in [0.2, 0.25) is 0 Å². The summed E-state index contributed by atoms with van der Waals surface area (Å²) in [6, 6.07) is 6.77. The number of nitrogen functional groups attached to an aromatic ring is 1. The van der Waals surface area contributed by atoms with Crippen LogP contribution in [0.2, 0.25) is 0 Å². The van der Waals surface area contributed by atoms with E-state index in [0.717, 1.165) is 11.7 Å². The van der Waals surface area contributed by atoms with Crippen molar-refractivity contribution in [2.75, 3.05) is 17.7 Å². The van der Waals surface area contributed by atoms with Gasteiger partial charge in [0.1, 0.15) is 5.75 Å². The third kappa shape index (κ3) is 3.59. The average Bonchev–Trinajstić information content (AvgIpc) is 2.41. The van der Waals surface area contributed by atoms with Crippen molar-refractivity contribution in [3.8, 4) is 5.75 Å². The molecule has 3 nitrogen and oxygen atoms in total.